The van der Waals surface area contributed by atoms with Crippen molar-refractivity contribution in [1.29, 1.82) is 0 Å². The third-order valence-corrected chi connectivity index (χ3v) is 2.30. The molecule has 0 heterocycles. The molecule has 1 rings (SSSR count). The second kappa shape index (κ2) is 6.18. The fraction of sp³-hybridized carbons (Fsp3) is 0.417. The standard InChI is InChI=1S/C12H15F2NO3/c1-3-17-11(16)6-9-7(2)4-8(15)5-10(9)18-12(13)14/h4-5,12H,3,6,15H2,1-2H3. The highest BCUT2D eigenvalue weighted by Crippen LogP contribution is 2.28. The molecule has 100 valence electrons. The zero-order chi connectivity index (χ0) is 13.7. The molecule has 0 aliphatic carbocycles. The first kappa shape index (κ1) is 14.2. The van der Waals surface area contributed by atoms with Crippen LogP contribution < -0.4 is 10.5 Å². The summed E-state index contributed by atoms with van der Waals surface area (Å²) in [5.41, 5.74) is 6.83. The molecular formula is C12H15F2NO3. The topological polar surface area (TPSA) is 61.5 Å². The lowest BCUT2D eigenvalue weighted by molar-refractivity contribution is -0.142. The van der Waals surface area contributed by atoms with Crippen molar-refractivity contribution in [2.45, 2.75) is 26.9 Å². The van der Waals surface area contributed by atoms with Crippen LogP contribution in [0.4, 0.5) is 14.5 Å². The maximum atomic E-state index is 12.3. The molecule has 6 heteroatoms. The largest absolute Gasteiger partial charge is 0.466 e. The van der Waals surface area contributed by atoms with Crippen molar-refractivity contribution in [2.75, 3.05) is 12.3 Å². The summed E-state index contributed by atoms with van der Waals surface area (Å²) in [6.07, 6.45) is -0.123. The number of esters is 1. The van der Waals surface area contributed by atoms with Crippen LogP contribution in [0.25, 0.3) is 0 Å². The molecule has 0 fully saturated rings. The fourth-order valence-electron chi connectivity index (χ4n) is 1.60. The average molecular weight is 259 g/mol. The van der Waals surface area contributed by atoms with E-state index >= 15 is 0 Å². The van der Waals surface area contributed by atoms with Crippen molar-refractivity contribution >= 4 is 11.7 Å². The minimum Gasteiger partial charge on any atom is -0.466 e. The lowest BCUT2D eigenvalue weighted by Crippen LogP contribution is -2.12. The number of aryl methyl sites for hydroxylation is 1. The molecule has 0 aromatic heterocycles. The van der Waals surface area contributed by atoms with Crippen LogP contribution in [0.5, 0.6) is 5.75 Å². The number of hydrogen-bond donors (Lipinski definition) is 1. The Bertz CT molecular complexity index is 436. The minimum absolute atomic E-state index is 0.0875. The number of halogens is 2. The van der Waals surface area contributed by atoms with Gasteiger partial charge in [-0.15, -0.1) is 0 Å². The zero-order valence-electron chi connectivity index (χ0n) is 10.2. The molecule has 2 N–H and O–H groups in total. The normalized spacial score (nSPS) is 10.5. The Labute approximate surface area is 104 Å². The van der Waals surface area contributed by atoms with Gasteiger partial charge in [-0.1, -0.05) is 0 Å². The SMILES string of the molecule is CCOC(=O)Cc1c(C)cc(N)cc1OC(F)F. The van der Waals surface area contributed by atoms with Gasteiger partial charge in [0.1, 0.15) is 5.75 Å². The fourth-order valence-corrected chi connectivity index (χ4v) is 1.60. The van der Waals surface area contributed by atoms with E-state index in [2.05, 4.69) is 4.74 Å². The second-order valence-electron chi connectivity index (χ2n) is 3.67. The highest BCUT2D eigenvalue weighted by molar-refractivity contribution is 5.75. The Hall–Kier alpha value is -1.85. The molecule has 0 aliphatic rings. The Balaban J connectivity index is 3.03. The van der Waals surface area contributed by atoms with E-state index in [0.717, 1.165) is 0 Å². The smallest absolute Gasteiger partial charge is 0.387 e. The van der Waals surface area contributed by atoms with Crippen molar-refractivity contribution in [3.05, 3.63) is 23.3 Å². The summed E-state index contributed by atoms with van der Waals surface area (Å²) < 4.78 is 33.7. The number of carbonyl (C=O) groups is 1. The molecule has 1 aromatic rings. The summed E-state index contributed by atoms with van der Waals surface area (Å²) in [7, 11) is 0. The second-order valence-corrected chi connectivity index (χ2v) is 3.67. The third-order valence-electron chi connectivity index (χ3n) is 2.30. The molecular weight excluding hydrogens is 244 g/mol. The van der Waals surface area contributed by atoms with E-state index in [-0.39, 0.29) is 18.8 Å². The monoisotopic (exact) mass is 259 g/mol. The Kier molecular flexibility index (Phi) is 4.88. The van der Waals surface area contributed by atoms with Gasteiger partial charge in [0.2, 0.25) is 0 Å². The lowest BCUT2D eigenvalue weighted by Gasteiger charge is -2.14. The van der Waals surface area contributed by atoms with Gasteiger partial charge in [-0.05, 0) is 25.5 Å². The maximum Gasteiger partial charge on any atom is 0.387 e. The van der Waals surface area contributed by atoms with E-state index in [1.807, 2.05) is 0 Å². The van der Waals surface area contributed by atoms with E-state index in [0.29, 0.717) is 16.8 Å². The summed E-state index contributed by atoms with van der Waals surface area (Å²) in [5.74, 6) is -0.583. The molecule has 0 bridgehead atoms. The Morgan fingerprint density at radius 1 is 1.44 bits per heavy atom. The first-order chi connectivity index (χ1) is 8.43. The zero-order valence-corrected chi connectivity index (χ0v) is 10.2. The van der Waals surface area contributed by atoms with Gasteiger partial charge < -0.3 is 15.2 Å². The summed E-state index contributed by atoms with van der Waals surface area (Å²) in [5, 5.41) is 0. The number of nitrogens with two attached hydrogens (primary N) is 1. The van der Waals surface area contributed by atoms with Gasteiger partial charge in [0.25, 0.3) is 0 Å². The average Bonchev–Trinajstić information content (AvgIpc) is 2.22. The molecule has 0 saturated heterocycles. The van der Waals surface area contributed by atoms with E-state index in [4.69, 9.17) is 10.5 Å². The predicted octanol–water partition coefficient (Wildman–Crippen LogP) is 2.28. The summed E-state index contributed by atoms with van der Waals surface area (Å²) >= 11 is 0. The number of hydrogen-bond acceptors (Lipinski definition) is 4. The van der Waals surface area contributed by atoms with Crippen LogP contribution in [0, 0.1) is 6.92 Å². The maximum absolute atomic E-state index is 12.3. The number of nitrogen functional groups attached to an aromatic ring is 1. The Morgan fingerprint density at radius 3 is 2.67 bits per heavy atom. The van der Waals surface area contributed by atoms with Crippen LogP contribution in [0.3, 0.4) is 0 Å². The first-order valence-electron chi connectivity index (χ1n) is 5.43. The molecule has 1 aromatic carbocycles. The molecule has 0 unspecified atom stereocenters. The van der Waals surface area contributed by atoms with E-state index in [9.17, 15) is 13.6 Å². The summed E-state index contributed by atoms with van der Waals surface area (Å²) in [6, 6.07) is 2.86. The first-order valence-corrected chi connectivity index (χ1v) is 5.43. The van der Waals surface area contributed by atoms with Crippen LogP contribution in [-0.2, 0) is 16.0 Å². The van der Waals surface area contributed by atoms with Gasteiger partial charge in [-0.2, -0.15) is 8.78 Å². The molecule has 0 atom stereocenters. The molecule has 0 radical (unpaired) electrons. The highest BCUT2D eigenvalue weighted by Gasteiger charge is 2.16. The van der Waals surface area contributed by atoms with E-state index < -0.39 is 12.6 Å². The van der Waals surface area contributed by atoms with Gasteiger partial charge in [0.15, 0.2) is 0 Å². The van der Waals surface area contributed by atoms with E-state index in [1.54, 1.807) is 19.9 Å². The number of rotatable bonds is 5. The Morgan fingerprint density at radius 2 is 2.11 bits per heavy atom. The van der Waals surface area contributed by atoms with Crippen molar-refractivity contribution in [1.82, 2.24) is 0 Å². The summed E-state index contributed by atoms with van der Waals surface area (Å²) in [6.45, 7) is 0.609. The highest BCUT2D eigenvalue weighted by atomic mass is 19.3. The van der Waals surface area contributed by atoms with Crippen LogP contribution in [-0.4, -0.2) is 19.2 Å². The molecule has 0 saturated carbocycles. The van der Waals surface area contributed by atoms with Crippen molar-refractivity contribution in [3.8, 4) is 5.75 Å². The molecule has 0 aliphatic heterocycles. The molecule has 0 spiro atoms. The van der Waals surface area contributed by atoms with Crippen LogP contribution in [0.1, 0.15) is 18.1 Å². The number of carbonyl (C=O) groups excluding carboxylic acids is 1. The number of alkyl halides is 2. The minimum atomic E-state index is -2.97. The van der Waals surface area contributed by atoms with Gasteiger partial charge in [0.05, 0.1) is 13.0 Å². The van der Waals surface area contributed by atoms with Gasteiger partial charge in [-0.25, -0.2) is 0 Å². The van der Waals surface area contributed by atoms with Gasteiger partial charge in [-0.3, -0.25) is 4.79 Å². The number of benzene rings is 1. The predicted molar refractivity (Wildman–Crippen MR) is 62.6 cm³/mol. The van der Waals surface area contributed by atoms with Crippen molar-refractivity contribution < 1.29 is 23.0 Å². The van der Waals surface area contributed by atoms with Crippen molar-refractivity contribution in [2.24, 2.45) is 0 Å². The van der Waals surface area contributed by atoms with Gasteiger partial charge in [0, 0.05) is 17.3 Å². The van der Waals surface area contributed by atoms with E-state index in [1.165, 1.54) is 6.07 Å². The van der Waals surface area contributed by atoms with Crippen LogP contribution in [0.2, 0.25) is 0 Å². The number of anilines is 1. The quantitative estimate of drug-likeness (QED) is 0.651. The number of ether oxygens (including phenoxy) is 2. The molecule has 4 nitrogen and oxygen atoms in total. The summed E-state index contributed by atoms with van der Waals surface area (Å²) in [4.78, 5) is 11.4. The third kappa shape index (κ3) is 3.87. The molecule has 18 heavy (non-hydrogen) atoms. The van der Waals surface area contributed by atoms with Crippen LogP contribution >= 0.6 is 0 Å². The lowest BCUT2D eigenvalue weighted by atomic mass is 10.0. The van der Waals surface area contributed by atoms with Crippen LogP contribution in [0.15, 0.2) is 12.1 Å². The van der Waals surface area contributed by atoms with Gasteiger partial charge >= 0.3 is 12.6 Å². The molecule has 0 amide bonds. The van der Waals surface area contributed by atoms with Crippen molar-refractivity contribution in [3.63, 3.8) is 0 Å².